The summed E-state index contributed by atoms with van der Waals surface area (Å²) in [6.45, 7) is 11.6. The highest BCUT2D eigenvalue weighted by Crippen LogP contribution is 2.32. The topological polar surface area (TPSA) is 0 Å². The van der Waals surface area contributed by atoms with Crippen LogP contribution in [0.2, 0.25) is 0 Å². The van der Waals surface area contributed by atoms with Gasteiger partial charge in [-0.25, -0.2) is 0 Å². The van der Waals surface area contributed by atoms with Crippen LogP contribution < -0.4 is 0 Å². The number of rotatable bonds is 77. The van der Waals surface area contributed by atoms with E-state index in [0.717, 1.165) is 32.1 Å². The molecule has 0 aliphatic rings. The normalized spacial score (nSPS) is 12.2. The summed E-state index contributed by atoms with van der Waals surface area (Å²) in [5.41, 5.74) is -0.654. The molecule has 0 aromatic carbocycles. The van der Waals surface area contributed by atoms with Gasteiger partial charge in [0, 0.05) is 25.7 Å². The molecule has 0 amide bonds. The molecule has 0 heteroatoms. The Bertz CT molecular complexity index is 1680. The van der Waals surface area contributed by atoms with Crippen LogP contribution in [0.25, 0.3) is 0 Å². The number of hydrogen-bond donors (Lipinski definition) is 0. The van der Waals surface area contributed by atoms with E-state index in [2.05, 4.69) is 82.0 Å². The standard InChI is InChI=1S/C95H176/c1-6-11-16-21-26-31-36-41-46-50-53-58-63-68-73-78-83-88-93-95(91-86-81-76-71-66-61-56-49-44-39-34-29-24-19-14-9-4,92-87-82-77-72-67-62-57-52-48-43-38-33-28-23-18-13-8-3)94(89-84-79-74-69-64-59-54-45-40-35-30-25-20-15-10-5)90-85-80-75-70-65-60-55-51-47-42-37-32-27-22-17-12-7-2/h94H,6-83,85,90H2,1-5H3. The fourth-order valence-electron chi connectivity index (χ4n) is 14.6. The van der Waals surface area contributed by atoms with Gasteiger partial charge < -0.3 is 0 Å². The Morgan fingerprint density at radius 1 is 0.158 bits per heavy atom. The molecule has 0 aromatic rings. The molecule has 0 aromatic heterocycles. The lowest BCUT2D eigenvalue weighted by molar-refractivity contribution is 0.440. The molecule has 0 rings (SSSR count). The van der Waals surface area contributed by atoms with E-state index in [1.807, 2.05) is 0 Å². The predicted octanol–water partition coefficient (Wildman–Crippen LogP) is 33.9. The predicted molar refractivity (Wildman–Crippen MR) is 435 cm³/mol. The van der Waals surface area contributed by atoms with E-state index in [0.29, 0.717) is 0 Å². The fourth-order valence-corrected chi connectivity index (χ4v) is 14.6. The fraction of sp³-hybridized carbons (Fsp3) is 0.916. The average Bonchev–Trinajstić information content (AvgIpc) is 0.938. The van der Waals surface area contributed by atoms with Crippen molar-refractivity contribution in [3.8, 4) is 47.4 Å². The first-order valence-electron chi connectivity index (χ1n) is 45.2. The largest absolute Gasteiger partial charge is 0.165 e. The molecule has 0 saturated heterocycles. The van der Waals surface area contributed by atoms with Crippen molar-refractivity contribution in [2.75, 3.05) is 0 Å². The van der Waals surface area contributed by atoms with Crippen LogP contribution in [0, 0.1) is 58.7 Å². The second kappa shape index (κ2) is 84.7. The first-order chi connectivity index (χ1) is 47.2. The van der Waals surface area contributed by atoms with Gasteiger partial charge in [0.25, 0.3) is 0 Å². The van der Waals surface area contributed by atoms with E-state index in [1.54, 1.807) is 0 Å². The number of unbranched alkanes of at least 4 members (excludes halogenated alkanes) is 74. The SMILES string of the molecule is CCCCCCCCCCCCCCCC#CC(CCCCCCCCCCCCCCCCCCC)C(C#CCCCCCCCCCCCCCCCC)(C#CCCCCCCCCCCCCCCCCC)C#CCCCCCCCCCCCCCCCCCC. The highest BCUT2D eigenvalue weighted by Gasteiger charge is 2.33. The zero-order valence-corrected chi connectivity index (χ0v) is 66.6. The summed E-state index contributed by atoms with van der Waals surface area (Å²) < 4.78 is 0. The summed E-state index contributed by atoms with van der Waals surface area (Å²) in [4.78, 5) is 0. The minimum atomic E-state index is -0.654. The lowest BCUT2D eigenvalue weighted by Gasteiger charge is -2.24. The maximum atomic E-state index is 4.02. The highest BCUT2D eigenvalue weighted by atomic mass is 14.3. The van der Waals surface area contributed by atoms with Crippen molar-refractivity contribution in [3.63, 3.8) is 0 Å². The van der Waals surface area contributed by atoms with Gasteiger partial charge in [-0.2, -0.15) is 0 Å². The van der Waals surface area contributed by atoms with Crippen molar-refractivity contribution in [1.82, 2.24) is 0 Å². The molecule has 0 saturated carbocycles. The molecular weight excluding hydrogens is 1140 g/mol. The molecule has 95 heavy (non-hydrogen) atoms. The van der Waals surface area contributed by atoms with Gasteiger partial charge in [0.1, 0.15) is 0 Å². The molecule has 0 aliphatic carbocycles. The van der Waals surface area contributed by atoms with E-state index in [4.69, 9.17) is 0 Å². The molecule has 0 radical (unpaired) electrons. The molecule has 556 valence electrons. The van der Waals surface area contributed by atoms with Crippen molar-refractivity contribution in [2.45, 2.75) is 548 Å². The lowest BCUT2D eigenvalue weighted by Crippen LogP contribution is -2.26. The van der Waals surface area contributed by atoms with E-state index in [1.165, 1.54) is 482 Å². The summed E-state index contributed by atoms with van der Waals surface area (Å²) >= 11 is 0. The first kappa shape index (κ1) is 93.2. The van der Waals surface area contributed by atoms with E-state index < -0.39 is 5.41 Å². The third-order valence-electron chi connectivity index (χ3n) is 21.4. The zero-order chi connectivity index (χ0) is 68.3. The summed E-state index contributed by atoms with van der Waals surface area (Å²) in [6, 6.07) is 0. The Hall–Kier alpha value is -1.76. The monoisotopic (exact) mass is 1320 g/mol. The van der Waals surface area contributed by atoms with Crippen LogP contribution in [0.1, 0.15) is 548 Å². The van der Waals surface area contributed by atoms with Gasteiger partial charge >= 0.3 is 0 Å². The van der Waals surface area contributed by atoms with Crippen molar-refractivity contribution < 1.29 is 0 Å². The van der Waals surface area contributed by atoms with E-state index >= 15 is 0 Å². The summed E-state index contributed by atoms with van der Waals surface area (Å²) in [7, 11) is 0. The van der Waals surface area contributed by atoms with Gasteiger partial charge in [-0.05, 0) is 32.1 Å². The zero-order valence-electron chi connectivity index (χ0n) is 66.6. The molecule has 2 unspecified atom stereocenters. The average molecular weight is 1320 g/mol. The van der Waals surface area contributed by atoms with Crippen molar-refractivity contribution in [2.24, 2.45) is 11.3 Å². The first-order valence-corrected chi connectivity index (χ1v) is 45.2. The second-order valence-electron chi connectivity index (χ2n) is 31.1. The van der Waals surface area contributed by atoms with Crippen molar-refractivity contribution in [3.05, 3.63) is 0 Å². The molecule has 0 bridgehead atoms. The molecule has 0 spiro atoms. The molecule has 0 heterocycles. The van der Waals surface area contributed by atoms with Gasteiger partial charge in [0.05, 0.1) is 5.92 Å². The van der Waals surface area contributed by atoms with Crippen LogP contribution in [0.15, 0.2) is 0 Å². The van der Waals surface area contributed by atoms with Crippen LogP contribution in [0.4, 0.5) is 0 Å². The van der Waals surface area contributed by atoms with Crippen LogP contribution in [-0.4, -0.2) is 0 Å². The second-order valence-corrected chi connectivity index (χ2v) is 31.1. The Balaban J connectivity index is 6.26. The quantitative estimate of drug-likeness (QED) is 0.0421. The lowest BCUT2D eigenvalue weighted by atomic mass is 9.74. The molecule has 0 aliphatic heterocycles. The van der Waals surface area contributed by atoms with E-state index in [-0.39, 0.29) is 5.92 Å². The summed E-state index contributed by atoms with van der Waals surface area (Å²) in [5.74, 6) is 31.5. The Labute approximate surface area is 603 Å². The van der Waals surface area contributed by atoms with Crippen molar-refractivity contribution >= 4 is 0 Å². The summed E-state index contributed by atoms with van der Waals surface area (Å²) in [5, 5.41) is 0. The van der Waals surface area contributed by atoms with Crippen LogP contribution in [-0.2, 0) is 0 Å². The maximum absolute atomic E-state index is 4.02. The molecular formula is C95H176. The van der Waals surface area contributed by atoms with Gasteiger partial charge in [0.2, 0.25) is 0 Å². The van der Waals surface area contributed by atoms with Crippen LogP contribution >= 0.6 is 0 Å². The molecule has 0 N–H and O–H groups in total. The molecule has 0 fully saturated rings. The van der Waals surface area contributed by atoms with Crippen LogP contribution in [0.5, 0.6) is 0 Å². The molecule has 2 atom stereocenters. The van der Waals surface area contributed by atoms with Gasteiger partial charge in [-0.1, -0.05) is 514 Å². The van der Waals surface area contributed by atoms with Crippen molar-refractivity contribution in [1.29, 1.82) is 0 Å². The highest BCUT2D eigenvalue weighted by molar-refractivity contribution is 5.43. The minimum absolute atomic E-state index is 0.0940. The third kappa shape index (κ3) is 74.8. The summed E-state index contributed by atoms with van der Waals surface area (Å²) in [6.07, 6.45) is 110. The van der Waals surface area contributed by atoms with Gasteiger partial charge in [-0.3, -0.25) is 0 Å². The Morgan fingerprint density at radius 2 is 0.295 bits per heavy atom. The molecule has 0 nitrogen and oxygen atoms in total. The van der Waals surface area contributed by atoms with Crippen LogP contribution in [0.3, 0.4) is 0 Å². The van der Waals surface area contributed by atoms with Gasteiger partial charge in [0.15, 0.2) is 5.41 Å². The Kier molecular flexibility index (Phi) is 83.1. The Morgan fingerprint density at radius 3 is 0.463 bits per heavy atom. The minimum Gasteiger partial charge on any atom is -0.103 e. The third-order valence-corrected chi connectivity index (χ3v) is 21.4. The van der Waals surface area contributed by atoms with E-state index in [9.17, 15) is 0 Å². The maximum Gasteiger partial charge on any atom is 0.165 e. The number of hydrogen-bond acceptors (Lipinski definition) is 0. The smallest absolute Gasteiger partial charge is 0.103 e. The van der Waals surface area contributed by atoms with Gasteiger partial charge in [-0.15, -0.1) is 23.7 Å².